The summed E-state index contributed by atoms with van der Waals surface area (Å²) in [5.41, 5.74) is 0.0247. The quantitative estimate of drug-likeness (QED) is 0.825. The lowest BCUT2D eigenvalue weighted by atomic mass is 10.1. The molecule has 0 saturated carbocycles. The number of benzene rings is 1. The van der Waals surface area contributed by atoms with Crippen molar-refractivity contribution in [2.45, 2.75) is 12.7 Å². The average molecular weight is 254 g/mol. The van der Waals surface area contributed by atoms with Gasteiger partial charge in [-0.05, 0) is 11.6 Å². The van der Waals surface area contributed by atoms with E-state index in [4.69, 9.17) is 0 Å². The Kier molecular flexibility index (Phi) is 3.18. The van der Waals surface area contributed by atoms with E-state index in [1.54, 1.807) is 30.3 Å². The molecule has 0 radical (unpaired) electrons. The van der Waals surface area contributed by atoms with Gasteiger partial charge in [-0.25, -0.2) is 4.68 Å². The Bertz CT molecular complexity index is 590. The Morgan fingerprint density at radius 1 is 1.11 bits per heavy atom. The smallest absolute Gasteiger partial charge is 0.267 e. The zero-order valence-electron chi connectivity index (χ0n) is 9.19. The van der Waals surface area contributed by atoms with Gasteiger partial charge >= 0.3 is 6.18 Å². The third kappa shape index (κ3) is 2.77. The summed E-state index contributed by atoms with van der Waals surface area (Å²) >= 11 is 0. The molecule has 94 valence electrons. The largest absolute Gasteiger partial charge is 0.408 e. The molecule has 0 fully saturated rings. The van der Waals surface area contributed by atoms with Crippen molar-refractivity contribution in [3.05, 3.63) is 52.9 Å². The fourth-order valence-electron chi connectivity index (χ4n) is 1.57. The normalized spacial score (nSPS) is 11.5. The summed E-state index contributed by atoms with van der Waals surface area (Å²) in [6.45, 7) is -1.38. The Morgan fingerprint density at radius 3 is 2.39 bits per heavy atom. The molecule has 3 nitrogen and oxygen atoms in total. The SMILES string of the molecule is O=c1c(-c2ccccc2)ccnn1CC(F)(F)F. The first-order chi connectivity index (χ1) is 8.47. The van der Waals surface area contributed by atoms with Crippen molar-refractivity contribution in [2.24, 2.45) is 0 Å². The summed E-state index contributed by atoms with van der Waals surface area (Å²) in [5, 5.41) is 3.43. The zero-order chi connectivity index (χ0) is 13.2. The number of halogens is 3. The number of aromatic nitrogens is 2. The molecule has 0 aliphatic carbocycles. The van der Waals surface area contributed by atoms with Crippen LogP contribution in [0.25, 0.3) is 11.1 Å². The molecular weight excluding hydrogens is 245 g/mol. The van der Waals surface area contributed by atoms with Crippen molar-refractivity contribution >= 4 is 0 Å². The number of nitrogens with zero attached hydrogens (tertiary/aromatic N) is 2. The van der Waals surface area contributed by atoms with Crippen LogP contribution in [0.4, 0.5) is 13.2 Å². The van der Waals surface area contributed by atoms with Gasteiger partial charge in [0.05, 0.1) is 5.56 Å². The van der Waals surface area contributed by atoms with E-state index in [1.807, 2.05) is 0 Å². The van der Waals surface area contributed by atoms with Gasteiger partial charge in [0.2, 0.25) is 0 Å². The van der Waals surface area contributed by atoms with Gasteiger partial charge in [-0.2, -0.15) is 18.3 Å². The summed E-state index contributed by atoms with van der Waals surface area (Å²) in [6.07, 6.45) is -3.28. The monoisotopic (exact) mass is 254 g/mol. The molecule has 1 heterocycles. The van der Waals surface area contributed by atoms with E-state index in [1.165, 1.54) is 12.3 Å². The van der Waals surface area contributed by atoms with Crippen molar-refractivity contribution < 1.29 is 13.2 Å². The Hall–Kier alpha value is -2.11. The van der Waals surface area contributed by atoms with Gasteiger partial charge in [-0.15, -0.1) is 0 Å². The molecule has 0 amide bonds. The molecule has 18 heavy (non-hydrogen) atoms. The lowest BCUT2D eigenvalue weighted by Crippen LogP contribution is -2.30. The molecule has 1 aromatic carbocycles. The van der Waals surface area contributed by atoms with Crippen LogP contribution in [0.15, 0.2) is 47.4 Å². The molecule has 1 aromatic heterocycles. The predicted molar refractivity (Wildman–Crippen MR) is 60.0 cm³/mol. The maximum Gasteiger partial charge on any atom is 0.408 e. The van der Waals surface area contributed by atoms with Crippen LogP contribution in [0, 0.1) is 0 Å². The topological polar surface area (TPSA) is 34.9 Å². The van der Waals surface area contributed by atoms with Crippen molar-refractivity contribution in [3.8, 4) is 11.1 Å². The highest BCUT2D eigenvalue weighted by molar-refractivity contribution is 5.61. The first-order valence-electron chi connectivity index (χ1n) is 5.16. The zero-order valence-corrected chi connectivity index (χ0v) is 9.19. The van der Waals surface area contributed by atoms with Gasteiger partial charge in [-0.1, -0.05) is 30.3 Å². The van der Waals surface area contributed by atoms with Gasteiger partial charge in [0.15, 0.2) is 0 Å². The van der Waals surface area contributed by atoms with E-state index in [-0.39, 0.29) is 5.56 Å². The maximum atomic E-state index is 12.3. The van der Waals surface area contributed by atoms with Crippen LogP contribution in [0.2, 0.25) is 0 Å². The summed E-state index contributed by atoms with van der Waals surface area (Å²) in [6, 6.07) is 9.92. The third-order valence-electron chi connectivity index (χ3n) is 2.33. The van der Waals surface area contributed by atoms with Crippen molar-refractivity contribution in [3.63, 3.8) is 0 Å². The molecule has 0 unspecified atom stereocenters. The van der Waals surface area contributed by atoms with Crippen molar-refractivity contribution in [1.29, 1.82) is 0 Å². The Labute approximate surface area is 100 Å². The standard InChI is InChI=1S/C12H9F3N2O/c13-12(14,15)8-17-11(18)10(6-7-16-17)9-4-2-1-3-5-9/h1-7H,8H2. The lowest BCUT2D eigenvalue weighted by Gasteiger charge is -2.09. The van der Waals surface area contributed by atoms with Gasteiger partial charge < -0.3 is 0 Å². The number of rotatable bonds is 2. The van der Waals surface area contributed by atoms with Crippen molar-refractivity contribution in [2.75, 3.05) is 0 Å². The molecule has 0 bridgehead atoms. The molecule has 0 aliphatic rings. The summed E-state index contributed by atoms with van der Waals surface area (Å²) < 4.78 is 37.2. The fraction of sp³-hybridized carbons (Fsp3) is 0.167. The van der Waals surface area contributed by atoms with Gasteiger partial charge in [0, 0.05) is 6.20 Å². The van der Waals surface area contributed by atoms with Crippen molar-refractivity contribution in [1.82, 2.24) is 9.78 Å². The first kappa shape index (κ1) is 12.3. The fourth-order valence-corrected chi connectivity index (χ4v) is 1.57. The van der Waals surface area contributed by atoms with Crippen LogP contribution in [0.5, 0.6) is 0 Å². The summed E-state index contributed by atoms with van der Waals surface area (Å²) in [5.74, 6) is 0. The Morgan fingerprint density at radius 2 is 1.78 bits per heavy atom. The van der Waals surface area contributed by atoms with Gasteiger partial charge in [-0.3, -0.25) is 4.79 Å². The van der Waals surface area contributed by atoms with E-state index in [9.17, 15) is 18.0 Å². The second-order valence-corrected chi connectivity index (χ2v) is 3.69. The summed E-state index contributed by atoms with van der Waals surface area (Å²) in [4.78, 5) is 11.8. The van der Waals surface area contributed by atoms with Crippen LogP contribution in [0.3, 0.4) is 0 Å². The van der Waals surface area contributed by atoms with Crippen LogP contribution in [0.1, 0.15) is 0 Å². The second-order valence-electron chi connectivity index (χ2n) is 3.69. The lowest BCUT2D eigenvalue weighted by molar-refractivity contribution is -0.143. The second kappa shape index (κ2) is 4.64. The van der Waals surface area contributed by atoms with Crippen LogP contribution in [-0.4, -0.2) is 16.0 Å². The Balaban J connectivity index is 2.46. The van der Waals surface area contributed by atoms with Gasteiger partial charge in [0.25, 0.3) is 5.56 Å². The molecule has 2 aromatic rings. The minimum Gasteiger partial charge on any atom is -0.267 e. The molecule has 0 aliphatic heterocycles. The van der Waals surface area contributed by atoms with Crippen LogP contribution >= 0.6 is 0 Å². The van der Waals surface area contributed by atoms with E-state index in [0.717, 1.165) is 0 Å². The first-order valence-corrected chi connectivity index (χ1v) is 5.16. The minimum atomic E-state index is -4.47. The minimum absolute atomic E-state index is 0.204. The van der Waals surface area contributed by atoms with Crippen LogP contribution < -0.4 is 5.56 Å². The third-order valence-corrected chi connectivity index (χ3v) is 2.33. The molecular formula is C12H9F3N2O. The van der Waals surface area contributed by atoms with E-state index in [0.29, 0.717) is 10.2 Å². The average Bonchev–Trinajstić information content (AvgIpc) is 2.31. The molecule has 2 rings (SSSR count). The molecule has 0 atom stereocenters. The maximum absolute atomic E-state index is 12.3. The number of hydrogen-bond acceptors (Lipinski definition) is 2. The van der Waals surface area contributed by atoms with Crippen LogP contribution in [-0.2, 0) is 6.54 Å². The molecule has 0 N–H and O–H groups in total. The van der Waals surface area contributed by atoms with E-state index >= 15 is 0 Å². The molecule has 0 spiro atoms. The molecule has 6 heteroatoms. The molecule has 0 saturated heterocycles. The highest BCUT2D eigenvalue weighted by atomic mass is 19.4. The number of hydrogen-bond donors (Lipinski definition) is 0. The highest BCUT2D eigenvalue weighted by Crippen LogP contribution is 2.17. The van der Waals surface area contributed by atoms with E-state index in [2.05, 4.69) is 5.10 Å². The summed E-state index contributed by atoms with van der Waals surface area (Å²) in [7, 11) is 0. The highest BCUT2D eigenvalue weighted by Gasteiger charge is 2.29. The van der Waals surface area contributed by atoms with E-state index < -0.39 is 18.3 Å². The predicted octanol–water partition coefficient (Wildman–Crippen LogP) is 2.47. The number of alkyl halides is 3. The van der Waals surface area contributed by atoms with Gasteiger partial charge in [0.1, 0.15) is 6.54 Å².